The molecule has 3 aromatic heterocycles. The molecule has 0 aliphatic rings. The Bertz CT molecular complexity index is 620. The summed E-state index contributed by atoms with van der Waals surface area (Å²) in [6.07, 6.45) is 5.02. The van der Waals surface area contributed by atoms with Crippen molar-refractivity contribution < 1.29 is 4.42 Å². The van der Waals surface area contributed by atoms with E-state index >= 15 is 0 Å². The van der Waals surface area contributed by atoms with Crippen molar-refractivity contribution in [2.24, 2.45) is 0 Å². The standard InChI is InChI=1S/C12H10N4O/c1-2-9(16-15-5-1)8-14-12-10-4-7-17-11(10)3-6-13-12/h1-7H,8H2,(H,13,14). The van der Waals surface area contributed by atoms with Crippen LogP contribution < -0.4 is 5.32 Å². The molecular formula is C12H10N4O. The molecule has 0 fully saturated rings. The molecule has 3 heterocycles. The highest BCUT2D eigenvalue weighted by atomic mass is 16.3. The van der Waals surface area contributed by atoms with Gasteiger partial charge in [0.05, 0.1) is 23.9 Å². The van der Waals surface area contributed by atoms with Crippen molar-refractivity contribution >= 4 is 16.8 Å². The van der Waals surface area contributed by atoms with E-state index in [1.54, 1.807) is 18.7 Å². The summed E-state index contributed by atoms with van der Waals surface area (Å²) in [5.41, 5.74) is 1.69. The van der Waals surface area contributed by atoms with Gasteiger partial charge in [-0.25, -0.2) is 4.98 Å². The van der Waals surface area contributed by atoms with E-state index in [9.17, 15) is 0 Å². The first-order valence-corrected chi connectivity index (χ1v) is 5.26. The molecule has 0 amide bonds. The lowest BCUT2D eigenvalue weighted by Gasteiger charge is -2.04. The van der Waals surface area contributed by atoms with Crippen molar-refractivity contribution in [3.63, 3.8) is 0 Å². The average Bonchev–Trinajstić information content (AvgIpc) is 2.86. The molecule has 0 saturated carbocycles. The molecule has 0 atom stereocenters. The molecule has 0 aromatic carbocycles. The van der Waals surface area contributed by atoms with Crippen LogP contribution in [-0.2, 0) is 6.54 Å². The van der Waals surface area contributed by atoms with Crippen LogP contribution in [0.2, 0.25) is 0 Å². The van der Waals surface area contributed by atoms with Crippen molar-refractivity contribution in [3.05, 3.63) is 48.6 Å². The minimum Gasteiger partial charge on any atom is -0.464 e. The number of pyridine rings is 1. The summed E-state index contributed by atoms with van der Waals surface area (Å²) < 4.78 is 5.30. The van der Waals surface area contributed by atoms with Crippen LogP contribution in [0.25, 0.3) is 11.0 Å². The van der Waals surface area contributed by atoms with Crippen LogP contribution in [0.1, 0.15) is 5.69 Å². The summed E-state index contributed by atoms with van der Waals surface area (Å²) in [6, 6.07) is 7.50. The number of hydrogen-bond donors (Lipinski definition) is 1. The first kappa shape index (κ1) is 9.77. The van der Waals surface area contributed by atoms with Gasteiger partial charge in [0, 0.05) is 12.4 Å². The zero-order valence-corrected chi connectivity index (χ0v) is 9.00. The van der Waals surface area contributed by atoms with Crippen LogP contribution in [0.4, 0.5) is 5.82 Å². The Morgan fingerprint density at radius 3 is 3.06 bits per heavy atom. The number of nitrogens with one attached hydrogen (secondary N) is 1. The molecule has 3 aromatic rings. The summed E-state index contributed by atoms with van der Waals surface area (Å²) in [5.74, 6) is 0.793. The summed E-state index contributed by atoms with van der Waals surface area (Å²) in [7, 11) is 0. The van der Waals surface area contributed by atoms with E-state index in [0.717, 1.165) is 22.5 Å². The van der Waals surface area contributed by atoms with Crippen LogP contribution in [0, 0.1) is 0 Å². The molecule has 0 radical (unpaired) electrons. The highest BCUT2D eigenvalue weighted by Gasteiger charge is 2.04. The lowest BCUT2D eigenvalue weighted by Crippen LogP contribution is -2.03. The van der Waals surface area contributed by atoms with Crippen LogP contribution in [0.3, 0.4) is 0 Å². The molecule has 3 rings (SSSR count). The molecule has 17 heavy (non-hydrogen) atoms. The predicted molar refractivity (Wildman–Crippen MR) is 63.4 cm³/mol. The second-order valence-corrected chi connectivity index (χ2v) is 3.56. The van der Waals surface area contributed by atoms with Gasteiger partial charge in [-0.15, -0.1) is 0 Å². The van der Waals surface area contributed by atoms with Gasteiger partial charge in [-0.1, -0.05) is 0 Å². The second-order valence-electron chi connectivity index (χ2n) is 3.56. The Hall–Kier alpha value is -2.43. The maximum absolute atomic E-state index is 5.30. The van der Waals surface area contributed by atoms with Gasteiger partial charge in [-0.2, -0.15) is 10.2 Å². The van der Waals surface area contributed by atoms with Crippen molar-refractivity contribution in [2.75, 3.05) is 5.32 Å². The number of aromatic nitrogens is 3. The fraction of sp³-hybridized carbons (Fsp3) is 0.0833. The first-order valence-electron chi connectivity index (χ1n) is 5.26. The number of nitrogens with zero attached hydrogens (tertiary/aromatic N) is 3. The molecule has 0 aliphatic carbocycles. The van der Waals surface area contributed by atoms with Crippen molar-refractivity contribution in [1.82, 2.24) is 15.2 Å². The number of hydrogen-bond acceptors (Lipinski definition) is 5. The Balaban J connectivity index is 1.84. The number of rotatable bonds is 3. The molecule has 0 saturated heterocycles. The molecule has 5 nitrogen and oxygen atoms in total. The smallest absolute Gasteiger partial charge is 0.139 e. The average molecular weight is 226 g/mol. The lowest BCUT2D eigenvalue weighted by molar-refractivity contribution is 0.615. The van der Waals surface area contributed by atoms with Gasteiger partial charge in [0.2, 0.25) is 0 Å². The van der Waals surface area contributed by atoms with Crippen molar-refractivity contribution in [2.45, 2.75) is 6.54 Å². The fourth-order valence-corrected chi connectivity index (χ4v) is 1.64. The molecule has 0 unspecified atom stereocenters. The van der Waals surface area contributed by atoms with Gasteiger partial charge >= 0.3 is 0 Å². The van der Waals surface area contributed by atoms with Crippen LogP contribution in [0.15, 0.2) is 47.3 Å². The minimum absolute atomic E-state index is 0.588. The molecule has 0 aliphatic heterocycles. The Kier molecular flexibility index (Phi) is 2.42. The zero-order chi connectivity index (χ0) is 11.5. The van der Waals surface area contributed by atoms with E-state index < -0.39 is 0 Å². The lowest BCUT2D eigenvalue weighted by atomic mass is 10.3. The van der Waals surface area contributed by atoms with Gasteiger partial charge in [-0.3, -0.25) is 0 Å². The highest BCUT2D eigenvalue weighted by Crippen LogP contribution is 2.21. The van der Waals surface area contributed by atoms with Crippen LogP contribution in [-0.4, -0.2) is 15.2 Å². The van der Waals surface area contributed by atoms with Crippen molar-refractivity contribution in [3.8, 4) is 0 Å². The number of anilines is 1. The quantitative estimate of drug-likeness (QED) is 0.741. The number of fused-ring (bicyclic) bond motifs is 1. The third kappa shape index (κ3) is 1.94. The van der Waals surface area contributed by atoms with Crippen LogP contribution >= 0.6 is 0 Å². The topological polar surface area (TPSA) is 63.8 Å². The molecule has 0 spiro atoms. The first-order chi connectivity index (χ1) is 8.43. The largest absolute Gasteiger partial charge is 0.464 e. The van der Waals surface area contributed by atoms with E-state index in [1.165, 1.54) is 0 Å². The Morgan fingerprint density at radius 1 is 1.18 bits per heavy atom. The summed E-state index contributed by atoms with van der Waals surface area (Å²) in [6.45, 7) is 0.588. The predicted octanol–water partition coefficient (Wildman–Crippen LogP) is 2.23. The van der Waals surface area contributed by atoms with Gasteiger partial charge in [0.25, 0.3) is 0 Å². The zero-order valence-electron chi connectivity index (χ0n) is 9.00. The Morgan fingerprint density at radius 2 is 2.18 bits per heavy atom. The van der Waals surface area contributed by atoms with E-state index in [2.05, 4.69) is 20.5 Å². The van der Waals surface area contributed by atoms with Gasteiger partial charge in [0.1, 0.15) is 11.4 Å². The molecule has 5 heteroatoms. The van der Waals surface area contributed by atoms with E-state index in [0.29, 0.717) is 6.54 Å². The summed E-state index contributed by atoms with van der Waals surface area (Å²) >= 11 is 0. The second kappa shape index (κ2) is 4.21. The van der Waals surface area contributed by atoms with E-state index in [1.807, 2.05) is 24.3 Å². The van der Waals surface area contributed by atoms with Gasteiger partial charge < -0.3 is 9.73 Å². The third-order valence-electron chi connectivity index (χ3n) is 2.44. The van der Waals surface area contributed by atoms with Gasteiger partial charge in [-0.05, 0) is 24.3 Å². The molecular weight excluding hydrogens is 216 g/mol. The third-order valence-corrected chi connectivity index (χ3v) is 2.44. The van der Waals surface area contributed by atoms with E-state index in [4.69, 9.17) is 4.42 Å². The molecule has 0 bridgehead atoms. The van der Waals surface area contributed by atoms with Crippen molar-refractivity contribution in [1.29, 1.82) is 0 Å². The van der Waals surface area contributed by atoms with E-state index in [-0.39, 0.29) is 0 Å². The monoisotopic (exact) mass is 226 g/mol. The highest BCUT2D eigenvalue weighted by molar-refractivity contribution is 5.87. The summed E-state index contributed by atoms with van der Waals surface area (Å²) in [5, 5.41) is 12.0. The summed E-state index contributed by atoms with van der Waals surface area (Å²) in [4.78, 5) is 4.27. The Labute approximate surface area is 97.5 Å². The van der Waals surface area contributed by atoms with Crippen LogP contribution in [0.5, 0.6) is 0 Å². The molecule has 1 N–H and O–H groups in total. The maximum atomic E-state index is 5.30. The normalized spacial score (nSPS) is 10.6. The fourth-order valence-electron chi connectivity index (χ4n) is 1.64. The SMILES string of the molecule is c1cnnc(CNc2nccc3occc23)c1. The number of furan rings is 1. The maximum Gasteiger partial charge on any atom is 0.139 e. The van der Waals surface area contributed by atoms with Gasteiger partial charge in [0.15, 0.2) is 0 Å². The minimum atomic E-state index is 0.588. The molecule has 84 valence electrons.